The molecule has 0 aromatic rings. The minimum atomic E-state index is 0.423. The van der Waals surface area contributed by atoms with Crippen LogP contribution in [0.5, 0.6) is 0 Å². The molecule has 1 nitrogen and oxygen atoms in total. The summed E-state index contributed by atoms with van der Waals surface area (Å²) >= 11 is 0. The normalized spacial score (nSPS) is 36.2. The van der Waals surface area contributed by atoms with Gasteiger partial charge in [-0.3, -0.25) is 0 Å². The van der Waals surface area contributed by atoms with Crippen molar-refractivity contribution in [1.82, 2.24) is 0 Å². The van der Waals surface area contributed by atoms with Gasteiger partial charge in [-0.05, 0) is 30.6 Å². The molecule has 0 N–H and O–H groups in total. The predicted octanol–water partition coefficient (Wildman–Crippen LogP) is 4.43. The van der Waals surface area contributed by atoms with E-state index >= 15 is 0 Å². The van der Waals surface area contributed by atoms with Crippen molar-refractivity contribution in [3.05, 3.63) is 12.7 Å². The maximum Gasteiger partial charge on any atom is 0.0644 e. The highest BCUT2D eigenvalue weighted by atomic mass is 16.5. The summed E-state index contributed by atoms with van der Waals surface area (Å²) in [5, 5.41) is 0. The van der Waals surface area contributed by atoms with Gasteiger partial charge in [0.25, 0.3) is 0 Å². The molecule has 5 atom stereocenters. The summed E-state index contributed by atoms with van der Waals surface area (Å²) in [6.45, 7) is 13.1. The molecule has 0 bridgehead atoms. The van der Waals surface area contributed by atoms with Crippen molar-refractivity contribution in [2.75, 3.05) is 0 Å². The molecule has 0 radical (unpaired) electrons. The van der Waals surface area contributed by atoms with E-state index in [1.54, 1.807) is 0 Å². The van der Waals surface area contributed by atoms with Gasteiger partial charge in [-0.25, -0.2) is 0 Å². The highest BCUT2D eigenvalue weighted by molar-refractivity contribution is 4.91. The van der Waals surface area contributed by atoms with E-state index in [4.69, 9.17) is 4.74 Å². The Bertz CT molecular complexity index is 211. The lowest BCUT2D eigenvalue weighted by atomic mass is 9.83. The number of ether oxygens (including phenoxy) is 1. The Hall–Kier alpha value is -0.300. The van der Waals surface area contributed by atoms with E-state index in [2.05, 4.69) is 34.3 Å². The van der Waals surface area contributed by atoms with Crippen molar-refractivity contribution in [2.45, 2.75) is 65.6 Å². The molecular weight excluding hydrogens is 196 g/mol. The Morgan fingerprint density at radius 1 is 1.31 bits per heavy atom. The standard InChI is InChI=1S/C15H28O/c1-6-9-14-13(8-3)12(5)15(16-14)10-11(4)7-2/h6,11-15H,1,7-10H2,2-5H3/t11-,12-,13-,14+,15-/m1/s1. The second-order valence-electron chi connectivity index (χ2n) is 5.42. The van der Waals surface area contributed by atoms with Crippen LogP contribution in [-0.4, -0.2) is 12.2 Å². The molecule has 0 saturated carbocycles. The van der Waals surface area contributed by atoms with Gasteiger partial charge >= 0.3 is 0 Å². The summed E-state index contributed by atoms with van der Waals surface area (Å²) in [7, 11) is 0. The van der Waals surface area contributed by atoms with Crippen LogP contribution in [0.1, 0.15) is 53.4 Å². The third-order valence-electron chi connectivity index (χ3n) is 4.29. The molecule has 0 aromatic carbocycles. The van der Waals surface area contributed by atoms with Crippen molar-refractivity contribution in [3.63, 3.8) is 0 Å². The fourth-order valence-corrected chi connectivity index (χ4v) is 2.93. The van der Waals surface area contributed by atoms with E-state index < -0.39 is 0 Å². The van der Waals surface area contributed by atoms with Gasteiger partial charge in [0.2, 0.25) is 0 Å². The van der Waals surface area contributed by atoms with Gasteiger partial charge in [-0.15, -0.1) is 6.58 Å². The quantitative estimate of drug-likeness (QED) is 0.606. The zero-order valence-electron chi connectivity index (χ0n) is 11.4. The van der Waals surface area contributed by atoms with Crippen LogP contribution >= 0.6 is 0 Å². The molecule has 1 rings (SSSR count). The van der Waals surface area contributed by atoms with Gasteiger partial charge in [0.15, 0.2) is 0 Å². The molecule has 0 aromatic heterocycles. The Labute approximate surface area is 101 Å². The van der Waals surface area contributed by atoms with Crippen LogP contribution in [0.15, 0.2) is 12.7 Å². The highest BCUT2D eigenvalue weighted by Gasteiger charge is 2.39. The van der Waals surface area contributed by atoms with Crippen LogP contribution in [0.4, 0.5) is 0 Å². The predicted molar refractivity (Wildman–Crippen MR) is 70.5 cm³/mol. The third-order valence-corrected chi connectivity index (χ3v) is 4.29. The molecule has 1 saturated heterocycles. The van der Waals surface area contributed by atoms with Crippen LogP contribution in [0.25, 0.3) is 0 Å². The molecule has 1 heterocycles. The van der Waals surface area contributed by atoms with Crippen LogP contribution in [0.2, 0.25) is 0 Å². The second-order valence-corrected chi connectivity index (χ2v) is 5.42. The first-order valence-electron chi connectivity index (χ1n) is 6.90. The Kier molecular flexibility index (Phi) is 5.54. The lowest BCUT2D eigenvalue weighted by molar-refractivity contribution is 0.0189. The smallest absolute Gasteiger partial charge is 0.0644 e. The van der Waals surface area contributed by atoms with Crippen molar-refractivity contribution >= 4 is 0 Å². The average Bonchev–Trinajstić information content (AvgIpc) is 2.56. The van der Waals surface area contributed by atoms with Gasteiger partial charge < -0.3 is 4.74 Å². The number of hydrogen-bond acceptors (Lipinski definition) is 1. The SMILES string of the molecule is C=CC[C@@H]1O[C@H](C[C@H](C)CC)[C@H](C)[C@H]1CC. The molecule has 94 valence electrons. The first kappa shape index (κ1) is 13.8. The zero-order valence-corrected chi connectivity index (χ0v) is 11.4. The lowest BCUT2D eigenvalue weighted by Crippen LogP contribution is -2.20. The molecule has 0 aliphatic carbocycles. The summed E-state index contributed by atoms with van der Waals surface area (Å²) in [6.07, 6.45) is 7.64. The van der Waals surface area contributed by atoms with E-state index in [1.807, 2.05) is 6.08 Å². The minimum absolute atomic E-state index is 0.423. The lowest BCUT2D eigenvalue weighted by Gasteiger charge is -2.20. The Balaban J connectivity index is 2.58. The summed E-state index contributed by atoms with van der Waals surface area (Å²) in [6, 6.07) is 0. The highest BCUT2D eigenvalue weighted by Crippen LogP contribution is 2.39. The Morgan fingerprint density at radius 2 is 2.00 bits per heavy atom. The van der Waals surface area contributed by atoms with Crippen molar-refractivity contribution in [3.8, 4) is 0 Å². The van der Waals surface area contributed by atoms with E-state index in [1.165, 1.54) is 19.3 Å². The maximum absolute atomic E-state index is 6.22. The number of rotatable bonds is 6. The second kappa shape index (κ2) is 6.44. The van der Waals surface area contributed by atoms with Crippen molar-refractivity contribution in [2.24, 2.45) is 17.8 Å². The van der Waals surface area contributed by atoms with Gasteiger partial charge in [-0.1, -0.05) is 46.6 Å². The van der Waals surface area contributed by atoms with Crippen LogP contribution in [-0.2, 0) is 4.74 Å². The Morgan fingerprint density at radius 3 is 2.50 bits per heavy atom. The van der Waals surface area contributed by atoms with Gasteiger partial charge in [0.1, 0.15) is 0 Å². The van der Waals surface area contributed by atoms with E-state index in [-0.39, 0.29) is 0 Å². The molecule has 1 heteroatoms. The largest absolute Gasteiger partial charge is 0.374 e. The van der Waals surface area contributed by atoms with Crippen LogP contribution in [0, 0.1) is 17.8 Å². The summed E-state index contributed by atoms with van der Waals surface area (Å²) in [5.74, 6) is 2.23. The summed E-state index contributed by atoms with van der Waals surface area (Å²) in [4.78, 5) is 0. The molecule has 0 amide bonds. The zero-order chi connectivity index (χ0) is 12.1. The summed E-state index contributed by atoms with van der Waals surface area (Å²) < 4.78 is 6.22. The molecule has 0 spiro atoms. The third kappa shape index (κ3) is 3.10. The molecule has 1 aliphatic rings. The number of hydrogen-bond donors (Lipinski definition) is 0. The van der Waals surface area contributed by atoms with Gasteiger partial charge in [0, 0.05) is 0 Å². The maximum atomic E-state index is 6.22. The topological polar surface area (TPSA) is 9.23 Å². The van der Waals surface area contributed by atoms with E-state index in [0.717, 1.165) is 18.3 Å². The van der Waals surface area contributed by atoms with E-state index in [9.17, 15) is 0 Å². The molecule has 16 heavy (non-hydrogen) atoms. The molecule has 1 aliphatic heterocycles. The van der Waals surface area contributed by atoms with Crippen LogP contribution in [0.3, 0.4) is 0 Å². The van der Waals surface area contributed by atoms with E-state index in [0.29, 0.717) is 18.1 Å². The molecule has 1 fully saturated rings. The molecular formula is C15H28O. The minimum Gasteiger partial charge on any atom is -0.374 e. The summed E-state index contributed by atoms with van der Waals surface area (Å²) in [5.41, 5.74) is 0. The first-order chi connectivity index (χ1) is 7.63. The first-order valence-corrected chi connectivity index (χ1v) is 6.90. The molecule has 0 unspecified atom stereocenters. The van der Waals surface area contributed by atoms with Gasteiger partial charge in [-0.2, -0.15) is 0 Å². The average molecular weight is 224 g/mol. The van der Waals surface area contributed by atoms with Crippen molar-refractivity contribution < 1.29 is 4.74 Å². The fraction of sp³-hybridized carbons (Fsp3) is 0.867. The van der Waals surface area contributed by atoms with Crippen LogP contribution < -0.4 is 0 Å². The monoisotopic (exact) mass is 224 g/mol. The van der Waals surface area contributed by atoms with Crippen molar-refractivity contribution in [1.29, 1.82) is 0 Å². The fourth-order valence-electron chi connectivity index (χ4n) is 2.93. The van der Waals surface area contributed by atoms with Gasteiger partial charge in [0.05, 0.1) is 12.2 Å².